The van der Waals surface area contributed by atoms with Crippen LogP contribution in [0.15, 0.2) is 29.4 Å². The van der Waals surface area contributed by atoms with E-state index < -0.39 is 17.0 Å². The number of hydrogen-bond acceptors (Lipinski definition) is 3. The van der Waals surface area contributed by atoms with E-state index in [4.69, 9.17) is 27.6 Å². The van der Waals surface area contributed by atoms with E-state index in [1.165, 1.54) is 6.20 Å². The third kappa shape index (κ3) is 3.89. The average Bonchev–Trinajstić information content (AvgIpc) is 3.25. The average molecular weight is 382 g/mol. The minimum absolute atomic E-state index is 0.0111. The molecule has 1 atom stereocenters. The highest BCUT2D eigenvalue weighted by molar-refractivity contribution is 7.78. The van der Waals surface area contributed by atoms with Crippen molar-refractivity contribution in [3.8, 4) is 5.69 Å². The van der Waals surface area contributed by atoms with Crippen LogP contribution in [0.25, 0.3) is 5.69 Å². The molecule has 132 valence electrons. The molecule has 1 fully saturated rings. The molecular weight excluding hydrogens is 366 g/mol. The van der Waals surface area contributed by atoms with Crippen LogP contribution in [0.4, 0.5) is 0 Å². The summed E-state index contributed by atoms with van der Waals surface area (Å²) in [4.78, 5) is 15.8. The van der Waals surface area contributed by atoms with Crippen LogP contribution < -0.4 is 11.5 Å². The SMILES string of the molecule is NC(N)=NC(=O)c1cnn(-c2ccc(CS(=O)O)cc2Cl)c1C1CC1. The third-order valence-electron chi connectivity index (χ3n) is 3.76. The van der Waals surface area contributed by atoms with Crippen molar-refractivity contribution >= 4 is 34.5 Å². The lowest BCUT2D eigenvalue weighted by atomic mass is 10.1. The zero-order valence-electron chi connectivity index (χ0n) is 13.1. The van der Waals surface area contributed by atoms with Crippen LogP contribution in [-0.4, -0.2) is 30.4 Å². The molecule has 0 bridgehead atoms. The van der Waals surface area contributed by atoms with Crippen molar-refractivity contribution in [2.45, 2.75) is 24.5 Å². The second kappa shape index (κ2) is 6.95. The Morgan fingerprint density at radius 3 is 2.72 bits per heavy atom. The van der Waals surface area contributed by atoms with E-state index in [2.05, 4.69) is 10.1 Å². The summed E-state index contributed by atoms with van der Waals surface area (Å²) >= 11 is 4.37. The summed E-state index contributed by atoms with van der Waals surface area (Å²) in [6.07, 6.45) is 3.30. The van der Waals surface area contributed by atoms with Gasteiger partial charge in [0.25, 0.3) is 5.91 Å². The van der Waals surface area contributed by atoms with Gasteiger partial charge < -0.3 is 16.0 Å². The number of benzene rings is 1. The molecule has 1 amide bonds. The van der Waals surface area contributed by atoms with Crippen molar-refractivity contribution < 1.29 is 13.6 Å². The number of carbonyl (C=O) groups is 1. The first-order valence-corrected chi connectivity index (χ1v) is 9.10. The second-order valence-electron chi connectivity index (χ2n) is 5.72. The maximum absolute atomic E-state index is 12.2. The van der Waals surface area contributed by atoms with Gasteiger partial charge in [0, 0.05) is 5.92 Å². The summed E-state index contributed by atoms with van der Waals surface area (Å²) in [5.41, 5.74) is 12.8. The predicted octanol–water partition coefficient (Wildman–Crippen LogP) is 1.54. The van der Waals surface area contributed by atoms with Crippen LogP contribution in [-0.2, 0) is 16.8 Å². The zero-order chi connectivity index (χ0) is 18.1. The number of aromatic nitrogens is 2. The van der Waals surface area contributed by atoms with Crippen molar-refractivity contribution in [3.63, 3.8) is 0 Å². The molecule has 1 aromatic carbocycles. The predicted molar refractivity (Wildman–Crippen MR) is 95.2 cm³/mol. The molecule has 1 aliphatic carbocycles. The van der Waals surface area contributed by atoms with Crippen LogP contribution in [0, 0.1) is 0 Å². The van der Waals surface area contributed by atoms with Crippen LogP contribution >= 0.6 is 11.6 Å². The maximum Gasteiger partial charge on any atom is 0.283 e. The number of hydrogen-bond donors (Lipinski definition) is 3. The smallest absolute Gasteiger partial charge is 0.283 e. The summed E-state index contributed by atoms with van der Waals surface area (Å²) < 4.78 is 21.5. The van der Waals surface area contributed by atoms with Gasteiger partial charge in [-0.1, -0.05) is 17.7 Å². The highest BCUT2D eigenvalue weighted by atomic mass is 35.5. The minimum atomic E-state index is -1.95. The molecule has 5 N–H and O–H groups in total. The highest BCUT2D eigenvalue weighted by Crippen LogP contribution is 2.43. The van der Waals surface area contributed by atoms with E-state index in [0.717, 1.165) is 18.5 Å². The van der Waals surface area contributed by atoms with Gasteiger partial charge in [-0.05, 0) is 30.5 Å². The lowest BCUT2D eigenvalue weighted by Crippen LogP contribution is -2.24. The Bertz CT molecular complexity index is 887. The van der Waals surface area contributed by atoms with Crippen molar-refractivity contribution in [3.05, 3.63) is 46.2 Å². The molecule has 1 saturated carbocycles. The molecule has 0 saturated heterocycles. The molecule has 3 rings (SSSR count). The van der Waals surface area contributed by atoms with E-state index in [1.807, 2.05) is 0 Å². The van der Waals surface area contributed by atoms with Crippen molar-refractivity contribution in [2.75, 3.05) is 0 Å². The molecule has 25 heavy (non-hydrogen) atoms. The monoisotopic (exact) mass is 381 g/mol. The van der Waals surface area contributed by atoms with E-state index in [0.29, 0.717) is 21.8 Å². The summed E-state index contributed by atoms with van der Waals surface area (Å²) in [5.74, 6) is -0.671. The maximum atomic E-state index is 12.2. The topological polar surface area (TPSA) is 137 Å². The fourth-order valence-corrected chi connectivity index (χ4v) is 3.34. The van der Waals surface area contributed by atoms with Gasteiger partial charge in [0.1, 0.15) is 0 Å². The molecule has 0 spiro atoms. The largest absolute Gasteiger partial charge is 0.370 e. The van der Waals surface area contributed by atoms with Crippen LogP contribution in [0.2, 0.25) is 5.02 Å². The van der Waals surface area contributed by atoms with Crippen LogP contribution in [0.5, 0.6) is 0 Å². The number of carbonyl (C=O) groups excluding carboxylic acids is 1. The van der Waals surface area contributed by atoms with Crippen molar-refractivity contribution in [1.82, 2.24) is 9.78 Å². The summed E-state index contributed by atoms with van der Waals surface area (Å²) in [7, 11) is 0. The van der Waals surface area contributed by atoms with Gasteiger partial charge >= 0.3 is 0 Å². The Hall–Kier alpha value is -2.23. The molecule has 1 aliphatic rings. The molecule has 2 aromatic rings. The zero-order valence-corrected chi connectivity index (χ0v) is 14.6. The molecule has 1 unspecified atom stereocenters. The molecule has 1 aromatic heterocycles. The lowest BCUT2D eigenvalue weighted by molar-refractivity contribution is 0.100. The first kappa shape index (κ1) is 17.6. The first-order chi connectivity index (χ1) is 11.9. The van der Waals surface area contributed by atoms with Gasteiger partial charge in [-0.15, -0.1) is 0 Å². The van der Waals surface area contributed by atoms with Crippen LogP contribution in [0.3, 0.4) is 0 Å². The lowest BCUT2D eigenvalue weighted by Gasteiger charge is -2.11. The molecular formula is C15H16ClN5O3S. The molecule has 1 heterocycles. The van der Waals surface area contributed by atoms with Crippen molar-refractivity contribution in [2.24, 2.45) is 16.5 Å². The third-order valence-corrected chi connectivity index (χ3v) is 4.64. The van der Waals surface area contributed by atoms with E-state index in [1.54, 1.807) is 22.9 Å². The Kier molecular flexibility index (Phi) is 4.89. The summed E-state index contributed by atoms with van der Waals surface area (Å²) in [6, 6.07) is 5.02. The number of nitrogens with zero attached hydrogens (tertiary/aromatic N) is 3. The summed E-state index contributed by atoms with van der Waals surface area (Å²) in [5, 5.41) is 4.65. The van der Waals surface area contributed by atoms with E-state index in [9.17, 15) is 9.00 Å². The quantitative estimate of drug-likeness (QED) is 0.408. The van der Waals surface area contributed by atoms with E-state index >= 15 is 0 Å². The highest BCUT2D eigenvalue weighted by Gasteiger charge is 2.33. The molecule has 8 nitrogen and oxygen atoms in total. The second-order valence-corrected chi connectivity index (χ2v) is 7.06. The number of aliphatic imine (C=N–C) groups is 1. The number of halogens is 1. The number of guanidine groups is 1. The molecule has 0 aliphatic heterocycles. The fraction of sp³-hybridized carbons (Fsp3) is 0.267. The number of nitrogens with two attached hydrogens (primary N) is 2. The summed E-state index contributed by atoms with van der Waals surface area (Å²) in [6.45, 7) is 0. The van der Waals surface area contributed by atoms with Gasteiger partial charge in [-0.25, -0.2) is 8.89 Å². The Labute approximate surface area is 151 Å². The minimum Gasteiger partial charge on any atom is -0.370 e. The molecule has 10 heteroatoms. The van der Waals surface area contributed by atoms with Gasteiger partial charge in [0.15, 0.2) is 17.0 Å². The molecule has 0 radical (unpaired) electrons. The van der Waals surface area contributed by atoms with Gasteiger partial charge in [0.2, 0.25) is 0 Å². The van der Waals surface area contributed by atoms with Crippen LogP contribution in [0.1, 0.15) is 40.4 Å². The first-order valence-electron chi connectivity index (χ1n) is 7.45. The Balaban J connectivity index is 2.03. The fourth-order valence-electron chi connectivity index (χ4n) is 2.60. The Morgan fingerprint density at radius 2 is 2.16 bits per heavy atom. The number of amides is 1. The van der Waals surface area contributed by atoms with Crippen molar-refractivity contribution in [1.29, 1.82) is 0 Å². The van der Waals surface area contributed by atoms with E-state index in [-0.39, 0.29) is 17.6 Å². The number of rotatable bonds is 5. The van der Waals surface area contributed by atoms with Gasteiger partial charge in [-0.2, -0.15) is 10.1 Å². The standard InChI is InChI=1S/C15H16ClN5O3S/c16-11-5-8(7-25(23)24)1-4-12(11)21-13(9-2-3-9)10(6-19-21)14(22)20-15(17)18/h1,4-6,9H,2-3,7H2,(H,23,24)(H4,17,18,20,22). The van der Waals surface area contributed by atoms with Gasteiger partial charge in [0.05, 0.1) is 33.9 Å². The van der Waals surface area contributed by atoms with Gasteiger partial charge in [-0.3, -0.25) is 4.79 Å². The normalized spacial score (nSPS) is 15.0. The Morgan fingerprint density at radius 1 is 1.44 bits per heavy atom.